The molecule has 150 valence electrons. The Bertz CT molecular complexity index is 820. The highest BCUT2D eigenvalue weighted by Gasteiger charge is 2.18. The van der Waals surface area contributed by atoms with E-state index >= 15 is 0 Å². The maximum atomic E-state index is 5.02. The lowest BCUT2D eigenvalue weighted by Crippen LogP contribution is -2.31. The van der Waals surface area contributed by atoms with Gasteiger partial charge in [0, 0.05) is 29.9 Å². The Morgan fingerprint density at radius 1 is 1.04 bits per heavy atom. The van der Waals surface area contributed by atoms with E-state index in [2.05, 4.69) is 64.3 Å². The maximum absolute atomic E-state index is 5.02. The molecule has 2 aromatic heterocycles. The van der Waals surface area contributed by atoms with Crippen LogP contribution < -0.4 is 5.49 Å². The summed E-state index contributed by atoms with van der Waals surface area (Å²) in [5, 5.41) is 9.44. The summed E-state index contributed by atoms with van der Waals surface area (Å²) in [6, 6.07) is 2.50. The zero-order valence-electron chi connectivity index (χ0n) is 18.5. The van der Waals surface area contributed by atoms with E-state index in [4.69, 9.17) is 10.1 Å². The average molecular weight is 372 g/mol. The highest BCUT2D eigenvalue weighted by atomic mass is 15.3. The van der Waals surface area contributed by atoms with Crippen LogP contribution in [-0.2, 0) is 13.6 Å². The molecule has 0 saturated heterocycles. The summed E-state index contributed by atoms with van der Waals surface area (Å²) in [6.45, 7) is 15.8. The molecule has 2 heterocycles. The van der Waals surface area contributed by atoms with Gasteiger partial charge < -0.3 is 0 Å². The summed E-state index contributed by atoms with van der Waals surface area (Å²) in [5.41, 5.74) is 6.98. The maximum Gasteiger partial charge on any atom is 0.148 e. The summed E-state index contributed by atoms with van der Waals surface area (Å²) in [6.07, 6.45) is 4.77. The molecular formula is C22H37N5. The molecule has 2 aromatic rings. The van der Waals surface area contributed by atoms with Crippen molar-refractivity contribution >= 4 is 0 Å². The second-order valence-electron chi connectivity index (χ2n) is 7.99. The fraction of sp³-hybridized carbons (Fsp3) is 0.682. The standard InChI is InChI=1S/C22H37N5/c1-9-11-19(12-10-2)20-13-16(5)24-27(22(20)23-15(3)4)14-21-17(6)25-26(8)18(21)7/h13,15,19H,9-12,14H2,1-8H3. The summed E-state index contributed by atoms with van der Waals surface area (Å²) in [4.78, 5) is 5.02. The molecule has 0 spiro atoms. The average Bonchev–Trinajstić information content (AvgIpc) is 2.82. The van der Waals surface area contributed by atoms with E-state index in [0.29, 0.717) is 5.92 Å². The van der Waals surface area contributed by atoms with Crippen LogP contribution in [0.5, 0.6) is 0 Å². The summed E-state index contributed by atoms with van der Waals surface area (Å²) >= 11 is 0. The minimum Gasteiger partial charge on any atom is -0.272 e. The molecule has 2 rings (SSSR count). The highest BCUT2D eigenvalue weighted by Crippen LogP contribution is 2.24. The number of hydrogen-bond donors (Lipinski definition) is 0. The lowest BCUT2D eigenvalue weighted by atomic mass is 9.91. The fourth-order valence-corrected chi connectivity index (χ4v) is 3.85. The van der Waals surface area contributed by atoms with Crippen molar-refractivity contribution in [3.63, 3.8) is 0 Å². The third-order valence-electron chi connectivity index (χ3n) is 5.21. The number of hydrogen-bond acceptors (Lipinski definition) is 3. The SMILES string of the molecule is CCCC(CCC)c1cc(C)nn(Cc2c(C)nn(C)c2C)c1=NC(C)C. The summed E-state index contributed by atoms with van der Waals surface area (Å²) < 4.78 is 4.07. The Labute approximate surface area is 164 Å². The van der Waals surface area contributed by atoms with Gasteiger partial charge in [-0.15, -0.1) is 0 Å². The van der Waals surface area contributed by atoms with Crippen LogP contribution in [0, 0.1) is 20.8 Å². The van der Waals surface area contributed by atoms with Gasteiger partial charge in [0.2, 0.25) is 0 Å². The van der Waals surface area contributed by atoms with Crippen LogP contribution in [0.25, 0.3) is 0 Å². The predicted molar refractivity (Wildman–Crippen MR) is 112 cm³/mol. The van der Waals surface area contributed by atoms with Crippen molar-refractivity contribution in [1.29, 1.82) is 0 Å². The minimum atomic E-state index is 0.236. The molecule has 0 amide bonds. The molecule has 0 saturated carbocycles. The highest BCUT2D eigenvalue weighted by molar-refractivity contribution is 5.25. The van der Waals surface area contributed by atoms with Crippen molar-refractivity contribution < 1.29 is 0 Å². The van der Waals surface area contributed by atoms with Crippen LogP contribution >= 0.6 is 0 Å². The topological polar surface area (TPSA) is 48.0 Å². The molecule has 0 unspecified atom stereocenters. The molecular weight excluding hydrogens is 334 g/mol. The molecule has 0 aliphatic rings. The van der Waals surface area contributed by atoms with Gasteiger partial charge in [0.05, 0.1) is 17.9 Å². The van der Waals surface area contributed by atoms with E-state index in [1.165, 1.54) is 42.5 Å². The summed E-state index contributed by atoms with van der Waals surface area (Å²) in [5.74, 6) is 0.543. The molecule has 0 N–H and O–H groups in total. The lowest BCUT2D eigenvalue weighted by molar-refractivity contribution is 0.521. The van der Waals surface area contributed by atoms with Crippen LogP contribution in [0.1, 0.15) is 87.5 Å². The molecule has 0 fully saturated rings. The molecule has 5 nitrogen and oxygen atoms in total. The first kappa shape index (κ1) is 21.4. The van der Waals surface area contributed by atoms with Crippen molar-refractivity contribution in [3.05, 3.63) is 39.8 Å². The van der Waals surface area contributed by atoms with Gasteiger partial charge in [-0.3, -0.25) is 9.67 Å². The molecule has 0 atom stereocenters. The Hall–Kier alpha value is -1.91. The molecule has 5 heteroatoms. The van der Waals surface area contributed by atoms with Crippen LogP contribution in [0.3, 0.4) is 0 Å². The minimum absolute atomic E-state index is 0.236. The van der Waals surface area contributed by atoms with E-state index in [1.54, 1.807) is 0 Å². The first-order valence-electron chi connectivity index (χ1n) is 10.4. The van der Waals surface area contributed by atoms with E-state index in [1.807, 2.05) is 11.7 Å². The monoisotopic (exact) mass is 371 g/mol. The Morgan fingerprint density at radius 3 is 2.15 bits per heavy atom. The lowest BCUT2D eigenvalue weighted by Gasteiger charge is -2.20. The number of aromatic nitrogens is 4. The van der Waals surface area contributed by atoms with Gasteiger partial charge in [0.25, 0.3) is 0 Å². The second kappa shape index (κ2) is 9.34. The van der Waals surface area contributed by atoms with Crippen LogP contribution in [0.15, 0.2) is 11.1 Å². The number of aryl methyl sites for hydroxylation is 3. The third-order valence-corrected chi connectivity index (χ3v) is 5.21. The van der Waals surface area contributed by atoms with E-state index in [9.17, 15) is 0 Å². The van der Waals surface area contributed by atoms with E-state index in [-0.39, 0.29) is 6.04 Å². The van der Waals surface area contributed by atoms with Crippen molar-refractivity contribution in [3.8, 4) is 0 Å². The Morgan fingerprint density at radius 2 is 1.67 bits per heavy atom. The number of nitrogens with zero attached hydrogens (tertiary/aromatic N) is 5. The second-order valence-corrected chi connectivity index (χ2v) is 7.99. The summed E-state index contributed by atoms with van der Waals surface area (Å²) in [7, 11) is 2.00. The van der Waals surface area contributed by atoms with Crippen LogP contribution in [-0.4, -0.2) is 25.6 Å². The van der Waals surface area contributed by atoms with Crippen molar-refractivity contribution in [2.45, 2.75) is 92.7 Å². The Balaban J connectivity index is 2.66. The van der Waals surface area contributed by atoms with Crippen LogP contribution in [0.4, 0.5) is 0 Å². The molecule has 0 aliphatic heterocycles. The smallest absolute Gasteiger partial charge is 0.148 e. The third kappa shape index (κ3) is 5.08. The molecule has 27 heavy (non-hydrogen) atoms. The quantitative estimate of drug-likeness (QED) is 0.682. The fourth-order valence-electron chi connectivity index (χ4n) is 3.85. The van der Waals surface area contributed by atoms with Gasteiger partial charge in [0.1, 0.15) is 5.49 Å². The van der Waals surface area contributed by atoms with E-state index < -0.39 is 0 Å². The Kier molecular flexibility index (Phi) is 7.40. The molecule has 0 aliphatic carbocycles. The van der Waals surface area contributed by atoms with Crippen molar-refractivity contribution in [1.82, 2.24) is 19.6 Å². The van der Waals surface area contributed by atoms with Crippen molar-refractivity contribution in [2.24, 2.45) is 12.0 Å². The van der Waals surface area contributed by atoms with Gasteiger partial charge >= 0.3 is 0 Å². The van der Waals surface area contributed by atoms with E-state index in [0.717, 1.165) is 23.4 Å². The van der Waals surface area contributed by atoms with Gasteiger partial charge in [-0.25, -0.2) is 4.68 Å². The first-order valence-corrected chi connectivity index (χ1v) is 10.4. The molecule has 0 aromatic carbocycles. The molecule has 0 bridgehead atoms. The zero-order chi connectivity index (χ0) is 20.1. The number of rotatable bonds is 8. The molecule has 0 radical (unpaired) electrons. The van der Waals surface area contributed by atoms with Gasteiger partial charge in [-0.1, -0.05) is 26.7 Å². The first-order chi connectivity index (χ1) is 12.8. The normalized spacial score (nSPS) is 12.6. The van der Waals surface area contributed by atoms with Gasteiger partial charge in [-0.05, 0) is 59.4 Å². The van der Waals surface area contributed by atoms with Gasteiger partial charge in [-0.2, -0.15) is 10.2 Å². The zero-order valence-corrected chi connectivity index (χ0v) is 18.5. The van der Waals surface area contributed by atoms with Gasteiger partial charge in [0.15, 0.2) is 0 Å². The van der Waals surface area contributed by atoms with Crippen molar-refractivity contribution in [2.75, 3.05) is 0 Å². The largest absolute Gasteiger partial charge is 0.272 e. The van der Waals surface area contributed by atoms with Crippen LogP contribution in [0.2, 0.25) is 0 Å². The predicted octanol–water partition coefficient (Wildman–Crippen LogP) is 4.58.